The molecule has 2 aliphatic rings. The summed E-state index contributed by atoms with van der Waals surface area (Å²) in [6.07, 6.45) is 3.11. The lowest BCUT2D eigenvalue weighted by Gasteiger charge is -2.44. The Morgan fingerprint density at radius 1 is 1.00 bits per heavy atom. The molecular weight excluding hydrogens is 400 g/mol. The molecule has 2 aromatic rings. The van der Waals surface area contributed by atoms with Crippen molar-refractivity contribution in [1.82, 2.24) is 9.80 Å². The van der Waals surface area contributed by atoms with Crippen LogP contribution in [0.5, 0.6) is 5.75 Å². The van der Waals surface area contributed by atoms with Crippen molar-refractivity contribution < 1.29 is 14.3 Å². The lowest BCUT2D eigenvalue weighted by atomic mass is 9.63. The van der Waals surface area contributed by atoms with Crippen LogP contribution < -0.4 is 4.74 Å². The first-order valence-electron chi connectivity index (χ1n) is 10.6. The van der Waals surface area contributed by atoms with Crippen LogP contribution in [0.2, 0.25) is 5.02 Å². The van der Waals surface area contributed by atoms with Crippen molar-refractivity contribution in [2.24, 2.45) is 0 Å². The van der Waals surface area contributed by atoms with Crippen molar-refractivity contribution in [1.29, 1.82) is 0 Å². The summed E-state index contributed by atoms with van der Waals surface area (Å²) in [5.74, 6) is 1.02. The smallest absolute Gasteiger partial charge is 0.233 e. The van der Waals surface area contributed by atoms with Crippen molar-refractivity contribution in [3.8, 4) is 5.75 Å². The van der Waals surface area contributed by atoms with E-state index in [1.807, 2.05) is 64.4 Å². The molecule has 0 unspecified atom stereocenters. The van der Waals surface area contributed by atoms with E-state index in [0.717, 1.165) is 30.6 Å². The average molecular weight is 427 g/mol. The maximum absolute atomic E-state index is 13.5. The highest BCUT2D eigenvalue weighted by Crippen LogP contribution is 2.45. The average Bonchev–Trinajstić information content (AvgIpc) is 2.91. The largest absolute Gasteiger partial charge is 0.492 e. The monoisotopic (exact) mass is 426 g/mol. The van der Waals surface area contributed by atoms with Crippen molar-refractivity contribution >= 4 is 23.4 Å². The molecule has 158 valence electrons. The Bertz CT molecular complexity index is 881. The maximum Gasteiger partial charge on any atom is 0.233 e. The second-order valence-electron chi connectivity index (χ2n) is 8.03. The van der Waals surface area contributed by atoms with E-state index in [4.69, 9.17) is 16.3 Å². The molecule has 1 saturated carbocycles. The summed E-state index contributed by atoms with van der Waals surface area (Å²) in [6.45, 7) is 2.55. The van der Waals surface area contributed by atoms with Crippen LogP contribution in [0.3, 0.4) is 0 Å². The Morgan fingerprint density at radius 3 is 2.40 bits per heavy atom. The van der Waals surface area contributed by atoms with Crippen molar-refractivity contribution in [3.63, 3.8) is 0 Å². The predicted molar refractivity (Wildman–Crippen MR) is 117 cm³/mol. The van der Waals surface area contributed by atoms with Crippen molar-refractivity contribution in [2.75, 3.05) is 32.8 Å². The van der Waals surface area contributed by atoms with Crippen LogP contribution in [-0.4, -0.2) is 54.4 Å². The summed E-state index contributed by atoms with van der Waals surface area (Å²) in [7, 11) is 0. The minimum Gasteiger partial charge on any atom is -0.492 e. The predicted octanol–water partition coefficient (Wildman–Crippen LogP) is 3.90. The molecule has 6 heteroatoms. The second kappa shape index (κ2) is 9.09. The minimum absolute atomic E-state index is 0.0797. The van der Waals surface area contributed by atoms with E-state index >= 15 is 0 Å². The Hall–Kier alpha value is -2.53. The zero-order valence-electron chi connectivity index (χ0n) is 17.1. The van der Waals surface area contributed by atoms with Crippen molar-refractivity contribution in [2.45, 2.75) is 31.1 Å². The molecule has 4 rings (SSSR count). The van der Waals surface area contributed by atoms with Crippen LogP contribution >= 0.6 is 11.6 Å². The molecule has 2 aromatic carbocycles. The van der Waals surface area contributed by atoms with E-state index in [0.29, 0.717) is 44.2 Å². The molecule has 30 heavy (non-hydrogen) atoms. The van der Waals surface area contributed by atoms with Gasteiger partial charge in [0.05, 0.1) is 12.0 Å². The van der Waals surface area contributed by atoms with Gasteiger partial charge in [0, 0.05) is 31.1 Å². The van der Waals surface area contributed by atoms with Gasteiger partial charge in [-0.3, -0.25) is 9.59 Å². The highest BCUT2D eigenvalue weighted by atomic mass is 35.5. The fourth-order valence-corrected chi connectivity index (χ4v) is 4.45. The zero-order valence-corrected chi connectivity index (χ0v) is 17.8. The quantitative estimate of drug-likeness (QED) is 0.703. The van der Waals surface area contributed by atoms with Gasteiger partial charge in [0.15, 0.2) is 0 Å². The normalized spacial score (nSPS) is 18.5. The topological polar surface area (TPSA) is 49.9 Å². The molecule has 0 N–H and O–H groups in total. The number of carbonyl (C=O) groups is 2. The third kappa shape index (κ3) is 4.31. The lowest BCUT2D eigenvalue weighted by molar-refractivity contribution is -0.140. The number of ether oxygens (including phenoxy) is 1. The molecule has 0 radical (unpaired) electrons. The molecule has 0 spiro atoms. The number of nitrogens with zero attached hydrogens (tertiary/aromatic N) is 2. The van der Waals surface area contributed by atoms with E-state index < -0.39 is 5.41 Å². The fourth-order valence-electron chi connectivity index (χ4n) is 4.32. The molecule has 5 nitrogen and oxygen atoms in total. The first-order valence-corrected chi connectivity index (χ1v) is 11.0. The maximum atomic E-state index is 13.5. The molecule has 0 atom stereocenters. The van der Waals surface area contributed by atoms with Crippen LogP contribution in [0.15, 0.2) is 54.6 Å². The van der Waals surface area contributed by atoms with Crippen LogP contribution in [0.4, 0.5) is 0 Å². The van der Waals surface area contributed by atoms with Gasteiger partial charge in [0.25, 0.3) is 0 Å². The van der Waals surface area contributed by atoms with E-state index in [-0.39, 0.29) is 11.8 Å². The molecule has 2 fully saturated rings. The lowest BCUT2D eigenvalue weighted by Crippen LogP contribution is -2.52. The second-order valence-corrected chi connectivity index (χ2v) is 8.46. The van der Waals surface area contributed by atoms with Gasteiger partial charge in [-0.2, -0.15) is 0 Å². The molecule has 1 aliphatic carbocycles. The molecule has 1 aliphatic heterocycles. The van der Waals surface area contributed by atoms with Gasteiger partial charge in [-0.15, -0.1) is 0 Å². The Balaban J connectivity index is 1.37. The summed E-state index contributed by atoms with van der Waals surface area (Å²) in [5.41, 5.74) is 0.575. The number of rotatable bonds is 6. The number of hydrogen-bond donors (Lipinski definition) is 0. The molecule has 1 saturated heterocycles. The molecular formula is C24H27ClN2O3. The Kier molecular flexibility index (Phi) is 6.28. The minimum atomic E-state index is -0.459. The Morgan fingerprint density at radius 2 is 1.73 bits per heavy atom. The first kappa shape index (κ1) is 20.7. The number of halogens is 1. The van der Waals surface area contributed by atoms with Gasteiger partial charge >= 0.3 is 0 Å². The van der Waals surface area contributed by atoms with E-state index in [1.165, 1.54) is 0 Å². The van der Waals surface area contributed by atoms with Gasteiger partial charge in [0.2, 0.25) is 11.8 Å². The highest BCUT2D eigenvalue weighted by Gasteiger charge is 2.47. The van der Waals surface area contributed by atoms with Gasteiger partial charge in [0.1, 0.15) is 12.4 Å². The summed E-state index contributed by atoms with van der Waals surface area (Å²) >= 11 is 6.04. The van der Waals surface area contributed by atoms with Crippen molar-refractivity contribution in [3.05, 3.63) is 65.2 Å². The van der Waals surface area contributed by atoms with Gasteiger partial charge in [-0.1, -0.05) is 48.4 Å². The molecule has 2 amide bonds. The van der Waals surface area contributed by atoms with E-state index in [1.54, 1.807) is 0 Å². The molecule has 0 aromatic heterocycles. The summed E-state index contributed by atoms with van der Waals surface area (Å²) in [4.78, 5) is 29.8. The van der Waals surface area contributed by atoms with Crippen LogP contribution in [0.25, 0.3) is 0 Å². The Labute approximate surface area is 182 Å². The van der Waals surface area contributed by atoms with Gasteiger partial charge in [-0.05, 0) is 42.7 Å². The molecule has 0 bridgehead atoms. The van der Waals surface area contributed by atoms with Crippen LogP contribution in [0, 0.1) is 0 Å². The number of para-hydroxylation sites is 1. The third-order valence-corrected chi connectivity index (χ3v) is 6.51. The van der Waals surface area contributed by atoms with E-state index in [2.05, 4.69) is 0 Å². The fraction of sp³-hybridized carbons (Fsp3) is 0.417. The first-order chi connectivity index (χ1) is 14.6. The number of amides is 2. The van der Waals surface area contributed by atoms with Crippen LogP contribution in [-0.2, 0) is 15.0 Å². The van der Waals surface area contributed by atoms with Gasteiger partial charge < -0.3 is 14.5 Å². The summed E-state index contributed by atoms with van der Waals surface area (Å²) in [6, 6.07) is 17.2. The zero-order chi connectivity index (χ0) is 21.0. The number of carbonyl (C=O) groups excluding carboxylic acids is 2. The standard InChI is InChI=1S/C24H27ClN2O3/c25-20-9-7-19(8-10-20)24(12-4-13-24)23(29)27-14-11-22(28)26(15-16-27)17-18-30-21-5-2-1-3-6-21/h1-3,5-10H,4,11-18H2. The molecule has 1 heterocycles. The van der Waals surface area contributed by atoms with Crippen LogP contribution in [0.1, 0.15) is 31.2 Å². The summed E-state index contributed by atoms with van der Waals surface area (Å²) < 4.78 is 5.74. The number of benzene rings is 2. The SMILES string of the molecule is O=C1CCN(C(=O)C2(c3ccc(Cl)cc3)CCC2)CCN1CCOc1ccccc1. The summed E-state index contributed by atoms with van der Waals surface area (Å²) in [5, 5.41) is 0.675. The third-order valence-electron chi connectivity index (χ3n) is 6.26. The number of hydrogen-bond acceptors (Lipinski definition) is 3. The van der Waals surface area contributed by atoms with E-state index in [9.17, 15) is 9.59 Å². The highest BCUT2D eigenvalue weighted by molar-refractivity contribution is 6.30. The van der Waals surface area contributed by atoms with Gasteiger partial charge in [-0.25, -0.2) is 0 Å².